The molecule has 0 saturated heterocycles. The fourth-order valence-electron chi connectivity index (χ4n) is 2.08. The molecule has 5 nitrogen and oxygen atoms in total. The molecule has 3 aromatic rings. The number of furan rings is 1. The van der Waals surface area contributed by atoms with Crippen LogP contribution in [-0.4, -0.2) is 16.2 Å². The zero-order valence-electron chi connectivity index (χ0n) is 10.9. The number of carboxylic acid groups (broad SMARTS) is 1. The number of aromatic carboxylic acids is 1. The number of hydrogen-bond acceptors (Lipinski definition) is 4. The normalized spacial score (nSPS) is 10.7. The van der Waals surface area contributed by atoms with Crippen LogP contribution in [-0.2, 0) is 6.61 Å². The number of aromatic hydroxyl groups is 1. The number of hydrogen-bond donors (Lipinski definition) is 2. The maximum absolute atomic E-state index is 11.1. The highest BCUT2D eigenvalue weighted by molar-refractivity contribution is 6.01. The molecule has 0 fully saturated rings. The lowest BCUT2D eigenvalue weighted by Crippen LogP contribution is -1.95. The number of fused-ring (bicyclic) bond motifs is 1. The zero-order valence-corrected chi connectivity index (χ0v) is 10.9. The van der Waals surface area contributed by atoms with E-state index < -0.39 is 5.97 Å². The molecule has 1 aromatic heterocycles. The molecule has 0 unspecified atom stereocenters. The molecule has 21 heavy (non-hydrogen) atoms. The SMILES string of the molecule is O=C(O)c1cccc2cc(COc3ccccc3O)oc12. The highest BCUT2D eigenvalue weighted by Crippen LogP contribution is 2.27. The van der Waals surface area contributed by atoms with Crippen molar-refractivity contribution in [1.29, 1.82) is 0 Å². The van der Waals surface area contributed by atoms with Crippen molar-refractivity contribution >= 4 is 16.9 Å². The first-order chi connectivity index (χ1) is 10.1. The van der Waals surface area contributed by atoms with E-state index in [0.29, 0.717) is 22.5 Å². The van der Waals surface area contributed by atoms with Gasteiger partial charge in [-0.1, -0.05) is 24.3 Å². The fraction of sp³-hybridized carbons (Fsp3) is 0.0625. The average Bonchev–Trinajstić information content (AvgIpc) is 2.88. The van der Waals surface area contributed by atoms with Crippen molar-refractivity contribution in [3.63, 3.8) is 0 Å². The van der Waals surface area contributed by atoms with Crippen LogP contribution in [0, 0.1) is 0 Å². The van der Waals surface area contributed by atoms with Gasteiger partial charge < -0.3 is 19.4 Å². The lowest BCUT2D eigenvalue weighted by molar-refractivity contribution is 0.0697. The summed E-state index contributed by atoms with van der Waals surface area (Å²) >= 11 is 0. The molecule has 3 rings (SSSR count). The fourth-order valence-corrected chi connectivity index (χ4v) is 2.08. The predicted molar refractivity (Wildman–Crippen MR) is 75.6 cm³/mol. The van der Waals surface area contributed by atoms with E-state index in [9.17, 15) is 9.90 Å². The summed E-state index contributed by atoms with van der Waals surface area (Å²) in [4.78, 5) is 11.1. The van der Waals surface area contributed by atoms with Crippen molar-refractivity contribution in [2.45, 2.75) is 6.61 Å². The maximum atomic E-state index is 11.1. The van der Waals surface area contributed by atoms with Gasteiger partial charge in [-0.05, 0) is 24.3 Å². The third-order valence-electron chi connectivity index (χ3n) is 3.06. The van der Waals surface area contributed by atoms with Gasteiger partial charge in [0.15, 0.2) is 11.5 Å². The molecule has 0 atom stereocenters. The molecule has 0 amide bonds. The molecule has 0 saturated carbocycles. The molecule has 0 spiro atoms. The lowest BCUT2D eigenvalue weighted by Gasteiger charge is -2.05. The van der Waals surface area contributed by atoms with Crippen LogP contribution >= 0.6 is 0 Å². The van der Waals surface area contributed by atoms with Crippen LogP contribution in [0.3, 0.4) is 0 Å². The van der Waals surface area contributed by atoms with Gasteiger partial charge in [-0.15, -0.1) is 0 Å². The van der Waals surface area contributed by atoms with Gasteiger partial charge in [0.25, 0.3) is 0 Å². The Labute approximate surface area is 120 Å². The van der Waals surface area contributed by atoms with Gasteiger partial charge in [0.1, 0.15) is 23.5 Å². The van der Waals surface area contributed by atoms with Crippen molar-refractivity contribution < 1.29 is 24.2 Å². The van der Waals surface area contributed by atoms with Gasteiger partial charge in [0.2, 0.25) is 0 Å². The van der Waals surface area contributed by atoms with Gasteiger partial charge in [0.05, 0.1) is 0 Å². The minimum atomic E-state index is -1.04. The highest BCUT2D eigenvalue weighted by atomic mass is 16.5. The minimum absolute atomic E-state index is 0.0415. The van der Waals surface area contributed by atoms with E-state index in [1.165, 1.54) is 12.1 Å². The van der Waals surface area contributed by atoms with Crippen molar-refractivity contribution in [1.82, 2.24) is 0 Å². The molecule has 0 aliphatic carbocycles. The van der Waals surface area contributed by atoms with E-state index in [-0.39, 0.29) is 17.9 Å². The molecule has 5 heteroatoms. The molecule has 0 aliphatic rings. The lowest BCUT2D eigenvalue weighted by atomic mass is 10.1. The predicted octanol–water partition coefficient (Wildman–Crippen LogP) is 3.42. The van der Waals surface area contributed by atoms with Crippen molar-refractivity contribution in [2.75, 3.05) is 0 Å². The van der Waals surface area contributed by atoms with Crippen LogP contribution in [0.15, 0.2) is 52.9 Å². The summed E-state index contributed by atoms with van der Waals surface area (Å²) in [5, 5.41) is 19.4. The molecule has 0 radical (unpaired) electrons. The van der Waals surface area contributed by atoms with Crippen LogP contribution in [0.1, 0.15) is 16.1 Å². The Kier molecular flexibility index (Phi) is 3.23. The Morgan fingerprint density at radius 1 is 1.14 bits per heavy atom. The van der Waals surface area contributed by atoms with Crippen LogP contribution in [0.2, 0.25) is 0 Å². The quantitative estimate of drug-likeness (QED) is 0.767. The van der Waals surface area contributed by atoms with Gasteiger partial charge in [-0.25, -0.2) is 4.79 Å². The van der Waals surface area contributed by atoms with E-state index in [1.54, 1.807) is 36.4 Å². The molecule has 0 bridgehead atoms. The van der Waals surface area contributed by atoms with E-state index >= 15 is 0 Å². The first-order valence-electron chi connectivity index (χ1n) is 6.30. The Bertz CT molecular complexity index is 803. The number of benzene rings is 2. The summed E-state index contributed by atoms with van der Waals surface area (Å²) in [5.41, 5.74) is 0.433. The number of ether oxygens (including phenoxy) is 1. The van der Waals surface area contributed by atoms with Gasteiger partial charge in [-0.2, -0.15) is 0 Å². The van der Waals surface area contributed by atoms with E-state index in [1.807, 2.05) is 0 Å². The summed E-state index contributed by atoms with van der Waals surface area (Å²) in [6.07, 6.45) is 0. The summed E-state index contributed by atoms with van der Waals surface area (Å²) < 4.78 is 11.0. The molecule has 106 valence electrons. The number of rotatable bonds is 4. The molecular formula is C16H12O5. The minimum Gasteiger partial charge on any atom is -0.504 e. The van der Waals surface area contributed by atoms with Crippen LogP contribution in [0.4, 0.5) is 0 Å². The first-order valence-corrected chi connectivity index (χ1v) is 6.30. The Morgan fingerprint density at radius 3 is 2.71 bits per heavy atom. The number of carbonyl (C=O) groups is 1. The summed E-state index contributed by atoms with van der Waals surface area (Å²) in [6.45, 7) is 0.102. The number of para-hydroxylation sites is 3. The van der Waals surface area contributed by atoms with Crippen molar-refractivity contribution in [3.05, 3.63) is 59.9 Å². The second-order valence-electron chi connectivity index (χ2n) is 4.50. The van der Waals surface area contributed by atoms with Gasteiger partial charge >= 0.3 is 5.97 Å². The van der Waals surface area contributed by atoms with Crippen molar-refractivity contribution in [3.8, 4) is 11.5 Å². The number of carboxylic acids is 1. The van der Waals surface area contributed by atoms with E-state index in [2.05, 4.69) is 0 Å². The maximum Gasteiger partial charge on any atom is 0.339 e. The second kappa shape index (κ2) is 5.20. The average molecular weight is 284 g/mol. The third kappa shape index (κ3) is 2.53. The highest BCUT2D eigenvalue weighted by Gasteiger charge is 2.13. The number of phenols is 1. The molecule has 0 aliphatic heterocycles. The van der Waals surface area contributed by atoms with Crippen LogP contribution in [0.5, 0.6) is 11.5 Å². The Morgan fingerprint density at radius 2 is 1.95 bits per heavy atom. The van der Waals surface area contributed by atoms with Gasteiger partial charge in [0, 0.05) is 5.39 Å². The molecule has 2 aromatic carbocycles. The summed E-state index contributed by atoms with van der Waals surface area (Å²) in [7, 11) is 0. The topological polar surface area (TPSA) is 79.9 Å². The second-order valence-corrected chi connectivity index (χ2v) is 4.50. The number of phenolic OH excluding ortho intramolecular Hbond substituents is 1. The van der Waals surface area contributed by atoms with Crippen LogP contribution in [0.25, 0.3) is 11.0 Å². The molecule has 2 N–H and O–H groups in total. The molecular weight excluding hydrogens is 272 g/mol. The van der Waals surface area contributed by atoms with Crippen molar-refractivity contribution in [2.24, 2.45) is 0 Å². The first kappa shape index (κ1) is 13.1. The third-order valence-corrected chi connectivity index (χ3v) is 3.06. The summed E-state index contributed by atoms with van der Waals surface area (Å²) in [5.74, 6) is -0.165. The van der Waals surface area contributed by atoms with Gasteiger partial charge in [-0.3, -0.25) is 0 Å². The standard InChI is InChI=1S/C16H12O5/c17-13-6-1-2-7-14(13)20-9-11-8-10-4-3-5-12(16(18)19)15(10)21-11/h1-8,17H,9H2,(H,18,19). The Hall–Kier alpha value is -2.95. The zero-order chi connectivity index (χ0) is 14.8. The Balaban J connectivity index is 1.87. The van der Waals surface area contributed by atoms with Crippen LogP contribution < -0.4 is 4.74 Å². The monoisotopic (exact) mass is 284 g/mol. The smallest absolute Gasteiger partial charge is 0.339 e. The van der Waals surface area contributed by atoms with E-state index in [4.69, 9.17) is 14.3 Å². The molecule has 1 heterocycles. The summed E-state index contributed by atoms with van der Waals surface area (Å²) in [6, 6.07) is 13.3. The van der Waals surface area contributed by atoms with E-state index in [0.717, 1.165) is 0 Å². The largest absolute Gasteiger partial charge is 0.504 e.